The maximum atomic E-state index is 12.4. The SMILES string of the molecule is Cc1ccccc1NC(=O)c1nnc([C@@H]2CCCN(S(C)(=O)=O)C2)s1. The quantitative estimate of drug-likeness (QED) is 0.878. The van der Waals surface area contributed by atoms with Crippen LogP contribution in [0.4, 0.5) is 5.69 Å². The number of aryl methyl sites for hydroxylation is 1. The molecule has 1 aromatic carbocycles. The van der Waals surface area contributed by atoms with E-state index >= 15 is 0 Å². The second-order valence-electron chi connectivity index (χ2n) is 6.17. The number of piperidine rings is 1. The van der Waals surface area contributed by atoms with Gasteiger partial charge in [-0.25, -0.2) is 12.7 Å². The lowest BCUT2D eigenvalue weighted by molar-refractivity contribution is 0.102. The van der Waals surface area contributed by atoms with Gasteiger partial charge in [0.05, 0.1) is 6.26 Å². The fourth-order valence-corrected chi connectivity index (χ4v) is 4.60. The second kappa shape index (κ2) is 7.19. The van der Waals surface area contributed by atoms with Gasteiger partial charge in [0.15, 0.2) is 0 Å². The Kier molecular flexibility index (Phi) is 5.16. The number of para-hydroxylation sites is 1. The summed E-state index contributed by atoms with van der Waals surface area (Å²) >= 11 is 1.23. The van der Waals surface area contributed by atoms with Crippen molar-refractivity contribution in [1.82, 2.24) is 14.5 Å². The van der Waals surface area contributed by atoms with Crippen molar-refractivity contribution in [1.29, 1.82) is 0 Å². The molecule has 134 valence electrons. The molecule has 0 aliphatic carbocycles. The number of carbonyl (C=O) groups is 1. The first kappa shape index (κ1) is 18.0. The molecule has 1 aliphatic heterocycles. The monoisotopic (exact) mass is 380 g/mol. The van der Waals surface area contributed by atoms with Crippen molar-refractivity contribution in [3.8, 4) is 0 Å². The Labute approximate surface area is 151 Å². The highest BCUT2D eigenvalue weighted by atomic mass is 32.2. The van der Waals surface area contributed by atoms with Gasteiger partial charge in [0.2, 0.25) is 15.0 Å². The topological polar surface area (TPSA) is 92.3 Å². The fraction of sp³-hybridized carbons (Fsp3) is 0.438. The van der Waals surface area contributed by atoms with Crippen LogP contribution in [0, 0.1) is 6.92 Å². The number of amides is 1. The number of anilines is 1. The van der Waals surface area contributed by atoms with E-state index in [0.717, 1.165) is 24.1 Å². The van der Waals surface area contributed by atoms with Crippen LogP contribution >= 0.6 is 11.3 Å². The van der Waals surface area contributed by atoms with Gasteiger partial charge in [-0.1, -0.05) is 29.5 Å². The van der Waals surface area contributed by atoms with Gasteiger partial charge in [0, 0.05) is 24.7 Å². The maximum Gasteiger partial charge on any atom is 0.286 e. The zero-order valence-electron chi connectivity index (χ0n) is 14.1. The first-order chi connectivity index (χ1) is 11.8. The summed E-state index contributed by atoms with van der Waals surface area (Å²) in [5.41, 5.74) is 1.71. The molecule has 3 rings (SSSR count). The number of benzene rings is 1. The summed E-state index contributed by atoms with van der Waals surface area (Å²) in [4.78, 5) is 12.4. The Morgan fingerprint density at radius 2 is 2.08 bits per heavy atom. The molecular weight excluding hydrogens is 360 g/mol. The molecule has 1 N–H and O–H groups in total. The Balaban J connectivity index is 1.72. The fourth-order valence-electron chi connectivity index (χ4n) is 2.83. The van der Waals surface area contributed by atoms with Crippen LogP contribution in [0.25, 0.3) is 0 Å². The summed E-state index contributed by atoms with van der Waals surface area (Å²) in [7, 11) is -3.21. The number of hydrogen-bond acceptors (Lipinski definition) is 6. The first-order valence-electron chi connectivity index (χ1n) is 8.00. The van der Waals surface area contributed by atoms with Gasteiger partial charge in [0.1, 0.15) is 5.01 Å². The molecule has 2 heterocycles. The molecule has 2 aromatic rings. The first-order valence-corrected chi connectivity index (χ1v) is 10.7. The minimum atomic E-state index is -3.21. The summed E-state index contributed by atoms with van der Waals surface area (Å²) in [5.74, 6) is -0.310. The zero-order valence-corrected chi connectivity index (χ0v) is 15.7. The Bertz CT molecular complexity index is 879. The lowest BCUT2D eigenvalue weighted by Gasteiger charge is -2.29. The Morgan fingerprint density at radius 3 is 2.80 bits per heavy atom. The van der Waals surface area contributed by atoms with Crippen LogP contribution in [0.1, 0.15) is 39.1 Å². The van der Waals surface area contributed by atoms with E-state index in [1.165, 1.54) is 21.9 Å². The predicted molar refractivity (Wildman–Crippen MR) is 97.4 cm³/mol. The van der Waals surface area contributed by atoms with Crippen LogP contribution in [-0.4, -0.2) is 48.2 Å². The van der Waals surface area contributed by atoms with Gasteiger partial charge in [-0.3, -0.25) is 4.79 Å². The molecule has 25 heavy (non-hydrogen) atoms. The van der Waals surface area contributed by atoms with Crippen molar-refractivity contribution in [2.45, 2.75) is 25.7 Å². The van der Waals surface area contributed by atoms with E-state index in [4.69, 9.17) is 0 Å². The van der Waals surface area contributed by atoms with Gasteiger partial charge in [0.25, 0.3) is 5.91 Å². The third kappa shape index (κ3) is 4.23. The van der Waals surface area contributed by atoms with E-state index in [0.29, 0.717) is 18.1 Å². The standard InChI is InChI=1S/C16H20N4O3S2/c1-11-6-3-4-8-13(11)17-14(21)16-19-18-15(24-16)12-7-5-9-20(10-12)25(2,22)23/h3-4,6,8,12H,5,7,9-10H2,1-2H3,(H,17,21)/t12-/m1/s1. The minimum Gasteiger partial charge on any atom is -0.320 e. The third-order valence-electron chi connectivity index (χ3n) is 4.23. The largest absolute Gasteiger partial charge is 0.320 e. The molecule has 7 nitrogen and oxygen atoms in total. The summed E-state index contributed by atoms with van der Waals surface area (Å²) in [6.07, 6.45) is 2.85. The molecule has 1 aromatic heterocycles. The molecule has 1 saturated heterocycles. The molecule has 0 radical (unpaired) electrons. The smallest absolute Gasteiger partial charge is 0.286 e. The Morgan fingerprint density at radius 1 is 1.32 bits per heavy atom. The molecule has 1 atom stereocenters. The van der Waals surface area contributed by atoms with Crippen LogP contribution in [0.3, 0.4) is 0 Å². The second-order valence-corrected chi connectivity index (χ2v) is 9.17. The molecular formula is C16H20N4O3S2. The molecule has 9 heteroatoms. The molecule has 1 aliphatic rings. The number of rotatable bonds is 4. The molecule has 1 fully saturated rings. The zero-order chi connectivity index (χ0) is 18.0. The summed E-state index contributed by atoms with van der Waals surface area (Å²) < 4.78 is 24.9. The third-order valence-corrected chi connectivity index (χ3v) is 6.58. The van der Waals surface area contributed by atoms with Gasteiger partial charge < -0.3 is 5.32 Å². The van der Waals surface area contributed by atoms with Gasteiger partial charge >= 0.3 is 0 Å². The van der Waals surface area contributed by atoms with Crippen LogP contribution in [0.5, 0.6) is 0 Å². The van der Waals surface area contributed by atoms with Crippen LogP contribution < -0.4 is 5.32 Å². The van der Waals surface area contributed by atoms with E-state index in [9.17, 15) is 13.2 Å². The van der Waals surface area contributed by atoms with Crippen molar-refractivity contribution >= 4 is 33.0 Å². The minimum absolute atomic E-state index is 0.0130. The maximum absolute atomic E-state index is 12.4. The summed E-state index contributed by atoms with van der Waals surface area (Å²) in [6.45, 7) is 2.85. The van der Waals surface area contributed by atoms with Crippen LogP contribution in [0.2, 0.25) is 0 Å². The number of sulfonamides is 1. The number of hydrogen-bond donors (Lipinski definition) is 1. The molecule has 0 bridgehead atoms. The van der Waals surface area contributed by atoms with E-state index < -0.39 is 10.0 Å². The Hall–Kier alpha value is -1.84. The normalized spacial score (nSPS) is 18.9. The van der Waals surface area contributed by atoms with Crippen molar-refractivity contribution in [2.75, 3.05) is 24.7 Å². The molecule has 0 saturated carbocycles. The van der Waals surface area contributed by atoms with E-state index in [1.54, 1.807) is 0 Å². The van der Waals surface area contributed by atoms with E-state index in [1.807, 2.05) is 31.2 Å². The number of carbonyl (C=O) groups excluding carboxylic acids is 1. The highest BCUT2D eigenvalue weighted by Gasteiger charge is 2.29. The molecule has 0 spiro atoms. The van der Waals surface area contributed by atoms with Crippen molar-refractivity contribution in [2.24, 2.45) is 0 Å². The average Bonchev–Trinajstić information content (AvgIpc) is 3.06. The number of nitrogens with one attached hydrogen (secondary N) is 1. The van der Waals surface area contributed by atoms with Gasteiger partial charge in [-0.2, -0.15) is 0 Å². The van der Waals surface area contributed by atoms with Gasteiger partial charge in [-0.15, -0.1) is 10.2 Å². The number of aromatic nitrogens is 2. The highest BCUT2D eigenvalue weighted by Crippen LogP contribution is 2.30. The summed E-state index contributed by atoms with van der Waals surface area (Å²) in [6, 6.07) is 7.52. The molecule has 1 amide bonds. The van der Waals surface area contributed by atoms with Crippen LogP contribution in [0.15, 0.2) is 24.3 Å². The average molecular weight is 380 g/mol. The lowest BCUT2D eigenvalue weighted by Crippen LogP contribution is -2.38. The van der Waals surface area contributed by atoms with Crippen molar-refractivity contribution in [3.63, 3.8) is 0 Å². The van der Waals surface area contributed by atoms with Gasteiger partial charge in [-0.05, 0) is 31.4 Å². The van der Waals surface area contributed by atoms with Crippen molar-refractivity contribution < 1.29 is 13.2 Å². The highest BCUT2D eigenvalue weighted by molar-refractivity contribution is 7.88. The van der Waals surface area contributed by atoms with E-state index in [2.05, 4.69) is 15.5 Å². The molecule has 0 unspecified atom stereocenters. The lowest BCUT2D eigenvalue weighted by atomic mass is 10.0. The summed E-state index contributed by atoms with van der Waals surface area (Å²) in [5, 5.41) is 12.0. The van der Waals surface area contributed by atoms with E-state index in [-0.39, 0.29) is 16.8 Å². The van der Waals surface area contributed by atoms with Crippen LogP contribution in [-0.2, 0) is 10.0 Å². The number of nitrogens with zero attached hydrogens (tertiary/aromatic N) is 3. The predicted octanol–water partition coefficient (Wildman–Crippen LogP) is 2.24. The van der Waals surface area contributed by atoms with Crippen molar-refractivity contribution in [3.05, 3.63) is 39.8 Å².